The summed E-state index contributed by atoms with van der Waals surface area (Å²) in [5.41, 5.74) is 23.0. The van der Waals surface area contributed by atoms with E-state index in [1.165, 1.54) is 22.3 Å². The van der Waals surface area contributed by atoms with Crippen molar-refractivity contribution in [1.82, 2.24) is 19.1 Å². The number of primary amides is 2. The molecule has 0 aliphatic heterocycles. The van der Waals surface area contributed by atoms with E-state index in [0.717, 1.165) is 46.3 Å². The molecule has 0 aliphatic rings. The number of amides is 2. The maximum atomic E-state index is 11.1. The molecule has 0 saturated carbocycles. The number of fused-ring (bicyclic) bond motifs is 2. The average molecular weight is 855 g/mol. The zero-order valence-corrected chi connectivity index (χ0v) is 30.6. The molecule has 4 N–H and O–H groups in total. The first kappa shape index (κ1) is 40.1. The molecule has 0 bridgehead atoms. The first-order valence-electron chi connectivity index (χ1n) is 14.7. The Kier molecular flexibility index (Phi) is 11.6. The monoisotopic (exact) mass is 854 g/mol. The number of hydrogen-bond donors (Lipinski definition) is 2. The Morgan fingerprint density at radius 3 is 1.14 bits per heavy atom. The molecular weight excluding hydrogens is 821 g/mol. The largest absolute Gasteiger partial charge is 1.00 e. The zero-order valence-electron chi connectivity index (χ0n) is 27.3. The van der Waals surface area contributed by atoms with Crippen molar-refractivity contribution in [3.8, 4) is 0 Å². The standard InChI is InChI=1S/2C17H17N3O.Ag.AsF6/c2*1-11-7-15-16(8-12(11)2)20(10-19-15)9-13-3-5-14(6-4-13)17(18)21;;2-1(3,4,5,6)7/h2*3-8,10H,9H2,1-2H3,(H2,18,21);;/q;;+1;-1. The van der Waals surface area contributed by atoms with Crippen LogP contribution < -0.4 is 11.5 Å². The number of hydrogen-bond acceptors (Lipinski definition) is 4. The van der Waals surface area contributed by atoms with Crippen molar-refractivity contribution < 1.29 is 52.8 Å². The van der Waals surface area contributed by atoms with Gasteiger partial charge >= 0.3 is 57.4 Å². The van der Waals surface area contributed by atoms with Crippen LogP contribution in [0.25, 0.3) is 22.1 Å². The maximum Gasteiger partial charge on any atom is 1.00 e. The topological polar surface area (TPSA) is 122 Å². The average Bonchev–Trinajstić information content (AvgIpc) is 3.55. The Morgan fingerprint density at radius 1 is 0.580 bits per heavy atom. The van der Waals surface area contributed by atoms with Crippen LogP contribution in [-0.4, -0.2) is 45.1 Å². The van der Waals surface area contributed by atoms with Gasteiger partial charge in [-0.3, -0.25) is 9.59 Å². The Bertz CT molecular complexity index is 2010. The second kappa shape index (κ2) is 14.5. The minimum absolute atomic E-state index is 0. The van der Waals surface area contributed by atoms with Gasteiger partial charge in [0, 0.05) is 24.2 Å². The molecule has 8 nitrogen and oxygen atoms in total. The molecule has 50 heavy (non-hydrogen) atoms. The molecule has 0 unspecified atom stereocenters. The van der Waals surface area contributed by atoms with E-state index in [9.17, 15) is 30.4 Å². The molecule has 0 saturated heterocycles. The second-order valence-electron chi connectivity index (χ2n) is 11.7. The smallest absolute Gasteiger partial charge is 1.00 e. The molecule has 16 heteroatoms. The summed E-state index contributed by atoms with van der Waals surface area (Å²) in [5.74, 6) is -0.804. The van der Waals surface area contributed by atoms with E-state index in [1.807, 2.05) is 36.9 Å². The molecule has 2 amide bonds. The second-order valence-corrected chi connectivity index (χ2v) is 15.7. The van der Waals surface area contributed by atoms with Gasteiger partial charge in [-0.05, 0) is 110 Å². The van der Waals surface area contributed by atoms with Crippen LogP contribution in [0.2, 0.25) is 0 Å². The van der Waals surface area contributed by atoms with E-state index in [4.69, 9.17) is 11.5 Å². The number of imidazole rings is 2. The van der Waals surface area contributed by atoms with Crippen LogP contribution in [0.4, 0.5) is 20.8 Å². The quantitative estimate of drug-likeness (QED) is 0.132. The van der Waals surface area contributed by atoms with Crippen LogP contribution in [0, 0.1) is 27.7 Å². The normalized spacial score (nSPS) is 12.4. The van der Waals surface area contributed by atoms with Crippen LogP contribution >= 0.6 is 0 Å². The van der Waals surface area contributed by atoms with Gasteiger partial charge in [0.25, 0.3) is 0 Å². The molecule has 2 aromatic heterocycles. The van der Waals surface area contributed by atoms with Gasteiger partial charge in [0.1, 0.15) is 0 Å². The number of halogens is 6. The van der Waals surface area contributed by atoms with Crippen molar-refractivity contribution >= 4 is 48.1 Å². The van der Waals surface area contributed by atoms with Gasteiger partial charge < -0.3 is 20.6 Å². The minimum atomic E-state index is -11.1. The summed E-state index contributed by atoms with van der Waals surface area (Å²) in [6.07, 6.45) is 3.71. The zero-order chi connectivity index (χ0) is 36.4. The molecule has 270 valence electrons. The fraction of sp³-hybridized carbons (Fsp3) is 0.176. The van der Waals surface area contributed by atoms with Gasteiger partial charge in [-0.1, -0.05) is 24.3 Å². The fourth-order valence-electron chi connectivity index (χ4n) is 4.82. The predicted molar refractivity (Wildman–Crippen MR) is 179 cm³/mol. The predicted octanol–water partition coefficient (Wildman–Crippen LogP) is 7.74. The summed E-state index contributed by atoms with van der Waals surface area (Å²) < 4.78 is 63.7. The Morgan fingerprint density at radius 2 is 0.860 bits per heavy atom. The van der Waals surface area contributed by atoms with Crippen molar-refractivity contribution in [3.63, 3.8) is 0 Å². The molecule has 0 fully saturated rings. The number of benzene rings is 4. The van der Waals surface area contributed by atoms with Gasteiger partial charge in [-0.25, -0.2) is 9.97 Å². The van der Waals surface area contributed by atoms with E-state index in [2.05, 4.69) is 71.1 Å². The number of rotatable bonds is 6. The molecule has 4 aromatic carbocycles. The van der Waals surface area contributed by atoms with Crippen molar-refractivity contribution in [2.24, 2.45) is 11.5 Å². The van der Waals surface area contributed by atoms with Crippen molar-refractivity contribution in [1.29, 1.82) is 0 Å². The van der Waals surface area contributed by atoms with Crippen LogP contribution in [0.3, 0.4) is 0 Å². The van der Waals surface area contributed by atoms with Gasteiger partial charge in [0.2, 0.25) is 11.8 Å². The molecular formula is C34H34AgAsF6N6O2. The van der Waals surface area contributed by atoms with Crippen LogP contribution in [0.5, 0.6) is 0 Å². The van der Waals surface area contributed by atoms with Gasteiger partial charge in [0.05, 0.1) is 34.7 Å². The van der Waals surface area contributed by atoms with Crippen LogP contribution in [0.1, 0.15) is 54.1 Å². The molecule has 0 spiro atoms. The summed E-state index contributed by atoms with van der Waals surface area (Å²) >= 11 is -11.1. The third-order valence-corrected chi connectivity index (χ3v) is 7.66. The first-order valence-corrected chi connectivity index (χ1v) is 19.0. The number of nitrogens with zero attached hydrogens (tertiary/aromatic N) is 4. The summed E-state index contributed by atoms with van der Waals surface area (Å²) in [5, 5.41) is 0. The van der Waals surface area contributed by atoms with Gasteiger partial charge in [-0.2, -0.15) is 0 Å². The summed E-state index contributed by atoms with van der Waals surface area (Å²) in [7, 11) is 0. The van der Waals surface area contributed by atoms with Gasteiger partial charge in [0.15, 0.2) is 0 Å². The summed E-state index contributed by atoms with van der Waals surface area (Å²) in [6.45, 7) is 9.84. The molecule has 6 aromatic rings. The maximum absolute atomic E-state index is 11.1. The van der Waals surface area contributed by atoms with Crippen molar-refractivity contribution in [3.05, 3.63) is 130 Å². The van der Waals surface area contributed by atoms with E-state index < -0.39 is 26.0 Å². The SMILES string of the molecule is Cc1cc2ncn(Cc3ccc(C(N)=O)cc3)c2cc1C.Cc1cc2ncn(Cc3ccc(C(N)=O)cc3)c2cc1C.F[As-](F)(F)(F)(F)F.[Ag+]. The van der Waals surface area contributed by atoms with Gasteiger partial charge in [-0.15, -0.1) is 0 Å². The summed E-state index contributed by atoms with van der Waals surface area (Å²) in [6, 6.07) is 23.3. The number of carbonyl (C=O) groups excluding carboxylic acids is 2. The Hall–Kier alpha value is -4.36. The number of aromatic nitrogens is 4. The Balaban J connectivity index is 0.000000224. The van der Waals surface area contributed by atoms with Crippen molar-refractivity contribution in [2.45, 2.75) is 40.8 Å². The molecule has 0 aliphatic carbocycles. The van der Waals surface area contributed by atoms with E-state index >= 15 is 0 Å². The molecule has 0 atom stereocenters. The molecule has 2 heterocycles. The number of nitrogens with two attached hydrogens (primary N) is 2. The van der Waals surface area contributed by atoms with Crippen LogP contribution in [0.15, 0.2) is 85.5 Å². The minimum Gasteiger partial charge on any atom is 1.00 e. The van der Waals surface area contributed by atoms with E-state index in [-0.39, 0.29) is 22.4 Å². The third-order valence-electron chi connectivity index (χ3n) is 7.66. The fourth-order valence-corrected chi connectivity index (χ4v) is 4.82. The molecule has 6 rings (SSSR count). The first-order chi connectivity index (χ1) is 22.5. The van der Waals surface area contributed by atoms with Crippen LogP contribution in [-0.2, 0) is 35.5 Å². The summed E-state index contributed by atoms with van der Waals surface area (Å²) in [4.78, 5) is 31.1. The number of carbonyl (C=O) groups is 2. The third kappa shape index (κ3) is 11.9. The molecule has 0 radical (unpaired) electrons. The van der Waals surface area contributed by atoms with E-state index in [1.54, 1.807) is 24.3 Å². The van der Waals surface area contributed by atoms with Crippen molar-refractivity contribution in [2.75, 3.05) is 0 Å². The number of aryl methyl sites for hydroxylation is 4. The van der Waals surface area contributed by atoms with E-state index in [0.29, 0.717) is 11.1 Å². The Labute approximate surface area is 300 Å².